The molecule has 1 N–H and O–H groups in total. The van der Waals surface area contributed by atoms with E-state index >= 15 is 0 Å². The normalized spacial score (nSPS) is 16.6. The summed E-state index contributed by atoms with van der Waals surface area (Å²) in [6.45, 7) is 8.79. The molecule has 0 spiro atoms. The molecule has 0 saturated heterocycles. The van der Waals surface area contributed by atoms with Crippen molar-refractivity contribution < 1.29 is 4.79 Å². The number of fused-ring (bicyclic) bond motifs is 3. The van der Waals surface area contributed by atoms with Crippen molar-refractivity contribution in [2.24, 2.45) is 5.92 Å². The van der Waals surface area contributed by atoms with Gasteiger partial charge in [-0.2, -0.15) is 0 Å². The van der Waals surface area contributed by atoms with Gasteiger partial charge >= 0.3 is 0 Å². The van der Waals surface area contributed by atoms with E-state index in [2.05, 4.69) is 18.8 Å². The Labute approximate surface area is 155 Å². The first-order valence-corrected chi connectivity index (χ1v) is 10.4. The average molecular weight is 378 g/mol. The number of carbonyl (C=O) groups excluding carboxylic acids is 1. The molecule has 0 aliphatic heterocycles. The monoisotopic (exact) mass is 377 g/mol. The topological polar surface area (TPSA) is 64.0 Å². The number of thiophene rings is 1. The van der Waals surface area contributed by atoms with E-state index in [9.17, 15) is 9.59 Å². The maximum Gasteiger partial charge on any atom is 0.263 e. The molecule has 134 valence electrons. The van der Waals surface area contributed by atoms with Crippen LogP contribution in [0, 0.1) is 5.92 Å². The summed E-state index contributed by atoms with van der Waals surface area (Å²) in [4.78, 5) is 31.7. The first-order valence-electron chi connectivity index (χ1n) is 8.60. The molecule has 3 rings (SSSR count). The number of hydrogen-bond donors (Lipinski definition) is 1. The van der Waals surface area contributed by atoms with Crippen LogP contribution in [0.1, 0.15) is 30.7 Å². The summed E-state index contributed by atoms with van der Waals surface area (Å²) in [6, 6.07) is 0. The summed E-state index contributed by atoms with van der Waals surface area (Å²) in [7, 11) is 0. The van der Waals surface area contributed by atoms with Crippen LogP contribution in [0.5, 0.6) is 0 Å². The fraction of sp³-hybridized carbons (Fsp3) is 0.500. The zero-order valence-corrected chi connectivity index (χ0v) is 16.3. The van der Waals surface area contributed by atoms with Gasteiger partial charge in [-0.05, 0) is 37.7 Å². The Morgan fingerprint density at radius 3 is 3.08 bits per heavy atom. The lowest BCUT2D eigenvalue weighted by Crippen LogP contribution is -2.27. The predicted molar refractivity (Wildman–Crippen MR) is 105 cm³/mol. The van der Waals surface area contributed by atoms with Gasteiger partial charge in [-0.3, -0.25) is 14.2 Å². The van der Waals surface area contributed by atoms with Crippen molar-refractivity contribution in [2.45, 2.75) is 44.8 Å². The standard InChI is InChI=1S/C18H23N3O2S2/c1-4-8-19-14(22)10-24-18-20-16-15(17(23)21(18)5-2)12-7-6-11(3)9-13(12)25-16/h4,11H,1,5-10H2,2-3H3,(H,19,22). The first kappa shape index (κ1) is 18.2. The average Bonchev–Trinajstić information content (AvgIpc) is 2.95. The van der Waals surface area contributed by atoms with Crippen LogP contribution in [-0.2, 0) is 24.2 Å². The summed E-state index contributed by atoms with van der Waals surface area (Å²) in [5.41, 5.74) is 1.24. The van der Waals surface area contributed by atoms with Crippen molar-refractivity contribution in [1.82, 2.24) is 14.9 Å². The number of thioether (sulfide) groups is 1. The molecule has 2 heterocycles. The second-order valence-corrected chi connectivity index (χ2v) is 8.38. The van der Waals surface area contributed by atoms with Crippen molar-refractivity contribution in [3.63, 3.8) is 0 Å². The van der Waals surface area contributed by atoms with Crippen molar-refractivity contribution in [3.05, 3.63) is 33.4 Å². The zero-order valence-electron chi connectivity index (χ0n) is 14.6. The quantitative estimate of drug-likeness (QED) is 0.477. The number of hydrogen-bond acceptors (Lipinski definition) is 5. The lowest BCUT2D eigenvalue weighted by Gasteiger charge is -2.17. The lowest BCUT2D eigenvalue weighted by atomic mass is 9.89. The van der Waals surface area contributed by atoms with Crippen molar-refractivity contribution >= 4 is 39.2 Å². The molecule has 0 saturated carbocycles. The largest absolute Gasteiger partial charge is 0.352 e. The van der Waals surface area contributed by atoms with E-state index in [1.54, 1.807) is 22.0 Å². The summed E-state index contributed by atoms with van der Waals surface area (Å²) in [5.74, 6) is 0.825. The van der Waals surface area contributed by atoms with Crippen LogP contribution in [-0.4, -0.2) is 27.8 Å². The second-order valence-electron chi connectivity index (χ2n) is 6.36. The molecular formula is C18H23N3O2S2. The minimum Gasteiger partial charge on any atom is -0.352 e. The number of rotatable bonds is 6. The van der Waals surface area contributed by atoms with E-state index in [0.29, 0.717) is 24.2 Å². The van der Waals surface area contributed by atoms with E-state index in [1.807, 2.05) is 6.92 Å². The highest BCUT2D eigenvalue weighted by Crippen LogP contribution is 2.36. The van der Waals surface area contributed by atoms with Crippen LogP contribution < -0.4 is 10.9 Å². The maximum atomic E-state index is 13.0. The third-order valence-electron chi connectivity index (χ3n) is 4.47. The van der Waals surface area contributed by atoms with Crippen LogP contribution in [0.25, 0.3) is 10.2 Å². The highest BCUT2D eigenvalue weighted by atomic mass is 32.2. The van der Waals surface area contributed by atoms with Crippen LogP contribution in [0.4, 0.5) is 0 Å². The van der Waals surface area contributed by atoms with Crippen LogP contribution >= 0.6 is 23.1 Å². The number of amides is 1. The smallest absolute Gasteiger partial charge is 0.263 e. The van der Waals surface area contributed by atoms with Crippen LogP contribution in [0.3, 0.4) is 0 Å². The minimum atomic E-state index is -0.0822. The number of carbonyl (C=O) groups is 1. The fourth-order valence-electron chi connectivity index (χ4n) is 3.16. The number of aryl methyl sites for hydroxylation is 1. The third kappa shape index (κ3) is 3.67. The molecule has 0 radical (unpaired) electrons. The van der Waals surface area contributed by atoms with Gasteiger partial charge in [-0.25, -0.2) is 4.98 Å². The summed E-state index contributed by atoms with van der Waals surface area (Å²) >= 11 is 2.97. The van der Waals surface area contributed by atoms with Crippen molar-refractivity contribution in [1.29, 1.82) is 0 Å². The molecule has 1 amide bonds. The first-order chi connectivity index (χ1) is 12.0. The molecule has 0 bridgehead atoms. The Hall–Kier alpha value is -1.60. The van der Waals surface area contributed by atoms with Crippen molar-refractivity contribution in [2.75, 3.05) is 12.3 Å². The Balaban J connectivity index is 1.95. The Morgan fingerprint density at radius 1 is 1.56 bits per heavy atom. The molecule has 1 unspecified atom stereocenters. The summed E-state index contributed by atoms with van der Waals surface area (Å²) in [5, 5.41) is 4.17. The number of nitrogens with one attached hydrogen (secondary N) is 1. The Kier molecular flexibility index (Phi) is 5.64. The molecule has 2 aromatic rings. The molecule has 25 heavy (non-hydrogen) atoms. The van der Waals surface area contributed by atoms with E-state index in [0.717, 1.165) is 29.5 Å². The van der Waals surface area contributed by atoms with Crippen LogP contribution in [0.2, 0.25) is 0 Å². The van der Waals surface area contributed by atoms with Gasteiger partial charge in [0.15, 0.2) is 5.16 Å². The molecular weight excluding hydrogens is 354 g/mol. The lowest BCUT2D eigenvalue weighted by molar-refractivity contribution is -0.118. The van der Waals surface area contributed by atoms with Gasteiger partial charge in [0, 0.05) is 18.0 Å². The van der Waals surface area contributed by atoms with E-state index < -0.39 is 0 Å². The molecule has 5 nitrogen and oxygen atoms in total. The highest BCUT2D eigenvalue weighted by molar-refractivity contribution is 7.99. The maximum absolute atomic E-state index is 13.0. The predicted octanol–water partition coefficient (Wildman–Crippen LogP) is 3.00. The molecule has 0 aromatic carbocycles. The second kappa shape index (κ2) is 7.74. The van der Waals surface area contributed by atoms with Gasteiger partial charge in [0.2, 0.25) is 5.91 Å². The molecule has 1 aliphatic carbocycles. The molecule has 2 aromatic heterocycles. The van der Waals surface area contributed by atoms with Gasteiger partial charge in [-0.1, -0.05) is 24.8 Å². The van der Waals surface area contributed by atoms with E-state index in [-0.39, 0.29) is 17.2 Å². The Bertz CT molecular complexity index is 869. The van der Waals surface area contributed by atoms with Gasteiger partial charge in [-0.15, -0.1) is 17.9 Å². The molecule has 0 fully saturated rings. The Morgan fingerprint density at radius 2 is 2.36 bits per heavy atom. The van der Waals surface area contributed by atoms with Crippen molar-refractivity contribution in [3.8, 4) is 0 Å². The minimum absolute atomic E-state index is 0.0357. The number of nitrogens with zero attached hydrogens (tertiary/aromatic N) is 2. The molecule has 1 atom stereocenters. The van der Waals surface area contributed by atoms with Gasteiger partial charge < -0.3 is 5.32 Å². The molecule has 1 aliphatic rings. The van der Waals surface area contributed by atoms with E-state index in [1.165, 1.54) is 22.2 Å². The summed E-state index contributed by atoms with van der Waals surface area (Å²) < 4.78 is 1.69. The number of aromatic nitrogens is 2. The SMILES string of the molecule is C=CCNC(=O)CSc1nc2sc3c(c2c(=O)n1CC)CCC(C)C3. The third-order valence-corrected chi connectivity index (χ3v) is 6.60. The summed E-state index contributed by atoms with van der Waals surface area (Å²) in [6.07, 6.45) is 4.78. The van der Waals surface area contributed by atoms with E-state index in [4.69, 9.17) is 4.98 Å². The molecule has 7 heteroatoms. The highest BCUT2D eigenvalue weighted by Gasteiger charge is 2.24. The zero-order chi connectivity index (χ0) is 18.0. The van der Waals surface area contributed by atoms with Gasteiger partial charge in [0.05, 0.1) is 11.1 Å². The fourth-order valence-corrected chi connectivity index (χ4v) is 5.48. The van der Waals surface area contributed by atoms with Crippen LogP contribution in [0.15, 0.2) is 22.6 Å². The van der Waals surface area contributed by atoms with Gasteiger partial charge in [0.1, 0.15) is 4.83 Å². The van der Waals surface area contributed by atoms with Gasteiger partial charge in [0.25, 0.3) is 5.56 Å².